The van der Waals surface area contributed by atoms with Crippen LogP contribution in [0.5, 0.6) is 0 Å². The van der Waals surface area contributed by atoms with Crippen LogP contribution >= 0.6 is 26.5 Å². The number of rotatable bonds is 4. The lowest BCUT2D eigenvalue weighted by molar-refractivity contribution is -0.382. The fourth-order valence-corrected chi connectivity index (χ4v) is 4.28. The Kier molecular flexibility index (Phi) is 3.84. The Morgan fingerprint density at radius 2 is 2.07 bits per heavy atom. The smallest absolute Gasteiger partial charge is 0.337 e. The van der Waals surface area contributed by atoms with Gasteiger partial charge < -0.3 is 24.1 Å². The van der Waals surface area contributed by atoms with Crippen LogP contribution in [0.2, 0.25) is 0 Å². The maximum atomic E-state index is 10.9. The molecule has 4 N–H and O–H groups in total. The molecule has 2 atom stereocenters. The molecular weight excluding hydrogens is 264 g/mol. The van der Waals surface area contributed by atoms with Crippen LogP contribution in [0.4, 0.5) is 0 Å². The van der Waals surface area contributed by atoms with Gasteiger partial charge >= 0.3 is 7.60 Å². The predicted octanol–water partition coefficient (Wildman–Crippen LogP) is -0.846. The Labute approximate surface area is 89.1 Å². The highest BCUT2D eigenvalue weighted by molar-refractivity contribution is 7.70. The Hall–Kier alpha value is -0.0700. The first-order valence-corrected chi connectivity index (χ1v) is 7.95. The number of hydrogen-bond donors (Lipinski definition) is 3. The zero-order valence-corrected chi connectivity index (χ0v) is 9.91. The normalized spacial score (nSPS) is 18.4. The van der Waals surface area contributed by atoms with Crippen molar-refractivity contribution in [1.82, 2.24) is 0 Å². The predicted molar refractivity (Wildman–Crippen MR) is 50.2 cm³/mol. The topological polar surface area (TPSA) is 132 Å². The van der Waals surface area contributed by atoms with Gasteiger partial charge in [-0.3, -0.25) is 4.57 Å². The van der Waals surface area contributed by atoms with Crippen molar-refractivity contribution >= 4 is 26.5 Å². The minimum absolute atomic E-state index is 0.369. The van der Waals surface area contributed by atoms with E-state index in [9.17, 15) is 14.0 Å². The summed E-state index contributed by atoms with van der Waals surface area (Å²) in [6, 6.07) is 0. The summed E-state index contributed by atoms with van der Waals surface area (Å²) in [5, 5.41) is -0.118. The lowest BCUT2D eigenvalue weighted by Gasteiger charge is -2.25. The first kappa shape index (κ1) is 13.0. The first-order valence-electron chi connectivity index (χ1n) is 3.74. The molecule has 1 aromatic heterocycles. The maximum Gasteiger partial charge on any atom is 0.337 e. The standard InChI is InChI=1S/C5H9NO6P2S/c7-13(8,9)5(14(10,11)12)3-4-6-1-2-15-4/h1-2,5H,3H2,(H2,7,8,9)(H2,10,11,12). The van der Waals surface area contributed by atoms with Crippen molar-refractivity contribution in [2.75, 3.05) is 0 Å². The molecule has 86 valence electrons. The monoisotopic (exact) mass is 273 g/mol. The van der Waals surface area contributed by atoms with E-state index in [1.807, 2.05) is 0 Å². The Balaban J connectivity index is 2.95. The molecule has 1 rings (SSSR count). The fourth-order valence-electron chi connectivity index (χ4n) is 0.974. The molecule has 15 heavy (non-hydrogen) atoms. The van der Waals surface area contributed by atoms with Gasteiger partial charge in [0, 0.05) is 0 Å². The van der Waals surface area contributed by atoms with Crippen molar-refractivity contribution in [2.45, 2.75) is 11.8 Å². The summed E-state index contributed by atoms with van der Waals surface area (Å²) < 4.78 is 21.6. The highest BCUT2D eigenvalue weighted by Crippen LogP contribution is 2.58. The van der Waals surface area contributed by atoms with Crippen LogP contribution in [0.15, 0.2) is 11.6 Å². The van der Waals surface area contributed by atoms with E-state index in [1.165, 1.54) is 6.20 Å². The summed E-state index contributed by atoms with van der Waals surface area (Å²) >= 11 is 1.11. The highest BCUT2D eigenvalue weighted by atomic mass is 32.1. The van der Waals surface area contributed by atoms with Crippen molar-refractivity contribution in [2.24, 2.45) is 0 Å². The van der Waals surface area contributed by atoms with Crippen molar-refractivity contribution in [3.63, 3.8) is 0 Å². The fraction of sp³-hybridized carbons (Fsp3) is 0.400. The van der Waals surface area contributed by atoms with Gasteiger partial charge in [0.25, 0.3) is 0 Å². The van der Waals surface area contributed by atoms with Crippen LogP contribution in [-0.4, -0.2) is 20.1 Å². The first-order chi connectivity index (χ1) is 6.71. The Morgan fingerprint density at radius 1 is 1.47 bits per heavy atom. The Morgan fingerprint density at radius 3 is 2.40 bits per heavy atom. The second-order valence-corrected chi connectivity index (χ2v) is 7.79. The molecule has 7 nitrogen and oxygen atoms in total. The number of H-pyrrole nitrogens is 1. The molecule has 0 aromatic carbocycles. The van der Waals surface area contributed by atoms with E-state index in [2.05, 4.69) is 4.98 Å². The molecule has 1 aromatic rings. The molecule has 0 spiro atoms. The third-order valence-electron chi connectivity index (χ3n) is 1.66. The minimum atomic E-state index is -5.06. The van der Waals surface area contributed by atoms with Crippen molar-refractivity contribution < 1.29 is 33.7 Å². The number of hydrogen-bond acceptors (Lipinski definition) is 4. The summed E-state index contributed by atoms with van der Waals surface area (Å²) in [7, 11) is -9.94. The molecule has 0 radical (unpaired) electrons. The average molecular weight is 273 g/mol. The molecule has 1 heterocycles. The zero-order valence-electron chi connectivity index (χ0n) is 7.31. The van der Waals surface area contributed by atoms with Crippen molar-refractivity contribution in [3.8, 4) is 0 Å². The number of aromatic nitrogens is 1. The van der Waals surface area contributed by atoms with Crippen LogP contribution < -0.4 is 9.88 Å². The molecular formula is C5H9NO6P2S. The third kappa shape index (κ3) is 3.77. The highest BCUT2D eigenvalue weighted by Gasteiger charge is 2.38. The van der Waals surface area contributed by atoms with Gasteiger partial charge in [-0.25, -0.2) is 4.98 Å². The van der Waals surface area contributed by atoms with Gasteiger partial charge in [-0.2, -0.15) is 0 Å². The summed E-state index contributed by atoms with van der Waals surface area (Å²) in [4.78, 5) is 39.7. The molecule has 10 heteroatoms. The van der Waals surface area contributed by atoms with Gasteiger partial charge in [-0.05, 0) is 0 Å². The summed E-state index contributed by atoms with van der Waals surface area (Å²) in [5.74, 6) is 0. The molecule has 0 amide bonds. The van der Waals surface area contributed by atoms with E-state index in [4.69, 9.17) is 14.7 Å². The number of nitrogens with one attached hydrogen (secondary N) is 1. The van der Waals surface area contributed by atoms with Crippen LogP contribution in [-0.2, 0) is 15.6 Å². The molecule has 0 aliphatic heterocycles. The number of thiazole rings is 1. The van der Waals surface area contributed by atoms with E-state index in [0.29, 0.717) is 5.01 Å². The number of aromatic amines is 1. The van der Waals surface area contributed by atoms with Gasteiger partial charge in [0.1, 0.15) is 13.0 Å². The van der Waals surface area contributed by atoms with Gasteiger partial charge in [0.05, 0.1) is 11.8 Å². The van der Waals surface area contributed by atoms with Crippen LogP contribution in [0, 0.1) is 0 Å². The summed E-state index contributed by atoms with van der Waals surface area (Å²) in [6.07, 6.45) is 1.07. The second kappa shape index (κ2) is 4.43. The minimum Gasteiger partial charge on any atom is -0.778 e. The summed E-state index contributed by atoms with van der Waals surface area (Å²) in [6.45, 7) is 0. The summed E-state index contributed by atoms with van der Waals surface area (Å²) in [5.41, 5.74) is 0. The second-order valence-electron chi connectivity index (χ2n) is 2.83. The van der Waals surface area contributed by atoms with E-state index < -0.39 is 27.0 Å². The van der Waals surface area contributed by atoms with E-state index in [1.54, 1.807) is 5.38 Å². The lowest BCUT2D eigenvalue weighted by atomic mass is 10.5. The van der Waals surface area contributed by atoms with Gasteiger partial charge in [0.2, 0.25) is 5.01 Å². The lowest BCUT2D eigenvalue weighted by Crippen LogP contribution is -2.22. The van der Waals surface area contributed by atoms with Crippen molar-refractivity contribution in [1.29, 1.82) is 0 Å². The SMILES string of the molecule is O=P([O-])(O)[C@@H](Cc1[nH+]ccs1)P(=O)(O)O. The molecule has 0 aliphatic carbocycles. The van der Waals surface area contributed by atoms with Gasteiger partial charge in [-0.15, -0.1) is 0 Å². The van der Waals surface area contributed by atoms with Gasteiger partial charge in [-0.1, -0.05) is 11.3 Å². The molecule has 0 fully saturated rings. The van der Waals surface area contributed by atoms with Crippen LogP contribution in [0.25, 0.3) is 0 Å². The van der Waals surface area contributed by atoms with Crippen LogP contribution in [0.3, 0.4) is 0 Å². The molecule has 0 saturated heterocycles. The third-order valence-corrected chi connectivity index (χ3v) is 6.17. The quantitative estimate of drug-likeness (QED) is 0.612. The van der Waals surface area contributed by atoms with Crippen molar-refractivity contribution in [3.05, 3.63) is 16.6 Å². The van der Waals surface area contributed by atoms with E-state index in [-0.39, 0.29) is 0 Å². The molecule has 0 aliphatic rings. The Bertz CT molecular complexity index is 385. The largest absolute Gasteiger partial charge is 0.778 e. The van der Waals surface area contributed by atoms with Crippen LogP contribution in [0.1, 0.15) is 5.01 Å². The average Bonchev–Trinajstić information content (AvgIpc) is 2.46. The zero-order chi connectivity index (χ0) is 11.7. The molecule has 0 bridgehead atoms. The van der Waals surface area contributed by atoms with Gasteiger partial charge in [0.15, 0.2) is 6.20 Å². The van der Waals surface area contributed by atoms with E-state index >= 15 is 0 Å². The molecule has 1 unspecified atom stereocenters. The van der Waals surface area contributed by atoms with E-state index in [0.717, 1.165) is 11.3 Å². The maximum absolute atomic E-state index is 10.9. The molecule has 0 saturated carbocycles.